The van der Waals surface area contributed by atoms with Crippen LogP contribution in [-0.4, -0.2) is 11.0 Å². The van der Waals surface area contributed by atoms with Gasteiger partial charge in [0.1, 0.15) is 5.75 Å². The maximum absolute atomic E-state index is 11.2. The molecule has 0 aliphatic rings. The van der Waals surface area contributed by atoms with Gasteiger partial charge in [-0.25, -0.2) is 0 Å². The van der Waals surface area contributed by atoms with Gasteiger partial charge in [-0.2, -0.15) is 0 Å². The first-order valence-electron chi connectivity index (χ1n) is 6.73. The Labute approximate surface area is 109 Å². The van der Waals surface area contributed by atoms with Crippen molar-refractivity contribution in [1.29, 1.82) is 0 Å². The number of benzene rings is 1. The molecule has 1 aromatic carbocycles. The summed E-state index contributed by atoms with van der Waals surface area (Å²) in [6.45, 7) is 4.28. The predicted octanol–water partition coefficient (Wildman–Crippen LogP) is 3.57. The van der Waals surface area contributed by atoms with Crippen molar-refractivity contribution in [2.75, 3.05) is 0 Å². The van der Waals surface area contributed by atoms with E-state index in [1.165, 1.54) is 12.8 Å². The molecule has 1 aromatic rings. The van der Waals surface area contributed by atoms with E-state index in [0.29, 0.717) is 5.92 Å². The molecule has 0 saturated carbocycles. The highest BCUT2D eigenvalue weighted by Crippen LogP contribution is 2.34. The minimum Gasteiger partial charge on any atom is -0.507 e. The number of amides is 1. The first-order valence-corrected chi connectivity index (χ1v) is 6.73. The molecule has 3 heteroatoms. The highest BCUT2D eigenvalue weighted by Gasteiger charge is 2.17. The third kappa shape index (κ3) is 3.49. The van der Waals surface area contributed by atoms with Crippen LogP contribution in [0.2, 0.25) is 0 Å². The molecule has 0 aromatic heterocycles. The van der Waals surface area contributed by atoms with E-state index in [1.807, 2.05) is 6.07 Å². The molecule has 100 valence electrons. The SMILES string of the molecule is CCCCCC(CC)c1cccc(C(N)=O)c1O. The van der Waals surface area contributed by atoms with Crippen LogP contribution >= 0.6 is 0 Å². The molecule has 3 nitrogen and oxygen atoms in total. The lowest BCUT2D eigenvalue weighted by molar-refractivity contribution is 0.0997. The molecular weight excluding hydrogens is 226 g/mol. The normalized spacial score (nSPS) is 12.3. The highest BCUT2D eigenvalue weighted by molar-refractivity contribution is 5.95. The smallest absolute Gasteiger partial charge is 0.252 e. The molecule has 0 aliphatic heterocycles. The molecule has 0 heterocycles. The van der Waals surface area contributed by atoms with Crippen LogP contribution in [0.15, 0.2) is 18.2 Å². The van der Waals surface area contributed by atoms with Gasteiger partial charge in [0.2, 0.25) is 0 Å². The Morgan fingerprint density at radius 1 is 1.33 bits per heavy atom. The number of carbonyl (C=O) groups excluding carboxylic acids is 1. The lowest BCUT2D eigenvalue weighted by Crippen LogP contribution is -2.12. The van der Waals surface area contributed by atoms with Crippen molar-refractivity contribution in [2.24, 2.45) is 5.73 Å². The molecule has 0 saturated heterocycles. The van der Waals surface area contributed by atoms with Crippen LogP contribution < -0.4 is 5.73 Å². The van der Waals surface area contributed by atoms with Crippen LogP contribution in [0.1, 0.15) is 67.8 Å². The number of carbonyl (C=O) groups is 1. The van der Waals surface area contributed by atoms with Gasteiger partial charge in [-0.3, -0.25) is 4.79 Å². The lowest BCUT2D eigenvalue weighted by Gasteiger charge is -2.17. The Bertz CT molecular complexity index is 401. The van der Waals surface area contributed by atoms with Gasteiger partial charge in [-0.05, 0) is 30.4 Å². The van der Waals surface area contributed by atoms with Crippen LogP contribution in [0.5, 0.6) is 5.75 Å². The van der Waals surface area contributed by atoms with E-state index in [-0.39, 0.29) is 11.3 Å². The monoisotopic (exact) mass is 249 g/mol. The fraction of sp³-hybridized carbons (Fsp3) is 0.533. The molecule has 1 unspecified atom stereocenters. The van der Waals surface area contributed by atoms with Crippen molar-refractivity contribution >= 4 is 5.91 Å². The number of unbranched alkanes of at least 4 members (excludes halogenated alkanes) is 2. The van der Waals surface area contributed by atoms with E-state index >= 15 is 0 Å². The number of para-hydroxylation sites is 1. The van der Waals surface area contributed by atoms with Crippen LogP contribution in [-0.2, 0) is 0 Å². The third-order valence-corrected chi connectivity index (χ3v) is 3.42. The zero-order chi connectivity index (χ0) is 13.5. The van der Waals surface area contributed by atoms with Crippen molar-refractivity contribution in [2.45, 2.75) is 51.9 Å². The zero-order valence-corrected chi connectivity index (χ0v) is 11.3. The number of nitrogens with two attached hydrogens (primary N) is 1. The Morgan fingerprint density at radius 3 is 2.61 bits per heavy atom. The number of hydrogen-bond acceptors (Lipinski definition) is 2. The van der Waals surface area contributed by atoms with Crippen molar-refractivity contribution in [3.8, 4) is 5.75 Å². The van der Waals surface area contributed by atoms with E-state index in [2.05, 4.69) is 13.8 Å². The van der Waals surface area contributed by atoms with E-state index in [4.69, 9.17) is 5.73 Å². The number of aromatic hydroxyl groups is 1. The molecule has 1 rings (SSSR count). The number of hydrogen-bond donors (Lipinski definition) is 2. The Morgan fingerprint density at radius 2 is 2.06 bits per heavy atom. The van der Waals surface area contributed by atoms with Gasteiger partial charge in [-0.15, -0.1) is 0 Å². The fourth-order valence-corrected chi connectivity index (χ4v) is 2.31. The molecule has 1 amide bonds. The molecule has 1 atom stereocenters. The van der Waals surface area contributed by atoms with Crippen molar-refractivity contribution < 1.29 is 9.90 Å². The summed E-state index contributed by atoms with van der Waals surface area (Å²) in [5, 5.41) is 10.1. The quantitative estimate of drug-likeness (QED) is 0.726. The second kappa shape index (κ2) is 7.04. The van der Waals surface area contributed by atoms with Crippen LogP contribution in [0.3, 0.4) is 0 Å². The molecule has 0 fully saturated rings. The first kappa shape index (κ1) is 14.6. The number of phenols is 1. The largest absolute Gasteiger partial charge is 0.507 e. The Kier molecular flexibility index (Phi) is 5.69. The van der Waals surface area contributed by atoms with Crippen molar-refractivity contribution in [3.05, 3.63) is 29.3 Å². The molecule has 0 bridgehead atoms. The Hall–Kier alpha value is -1.51. The zero-order valence-electron chi connectivity index (χ0n) is 11.3. The lowest BCUT2D eigenvalue weighted by atomic mass is 9.89. The van der Waals surface area contributed by atoms with Crippen molar-refractivity contribution in [3.63, 3.8) is 0 Å². The number of rotatable bonds is 7. The van der Waals surface area contributed by atoms with Gasteiger partial charge < -0.3 is 10.8 Å². The van der Waals surface area contributed by atoms with Gasteiger partial charge in [0.05, 0.1) is 5.56 Å². The van der Waals surface area contributed by atoms with Gasteiger partial charge in [0, 0.05) is 0 Å². The number of primary amides is 1. The third-order valence-electron chi connectivity index (χ3n) is 3.42. The summed E-state index contributed by atoms with van der Waals surface area (Å²) in [4.78, 5) is 11.2. The summed E-state index contributed by atoms with van der Waals surface area (Å²) >= 11 is 0. The topological polar surface area (TPSA) is 63.3 Å². The minimum atomic E-state index is -0.572. The second-order valence-electron chi connectivity index (χ2n) is 4.71. The van der Waals surface area contributed by atoms with E-state index in [1.54, 1.807) is 12.1 Å². The van der Waals surface area contributed by atoms with Crippen molar-refractivity contribution in [1.82, 2.24) is 0 Å². The second-order valence-corrected chi connectivity index (χ2v) is 4.71. The maximum Gasteiger partial charge on any atom is 0.252 e. The average molecular weight is 249 g/mol. The van der Waals surface area contributed by atoms with Crippen LogP contribution in [0.4, 0.5) is 0 Å². The summed E-state index contributed by atoms with van der Waals surface area (Å²) in [5.74, 6) is -0.207. The van der Waals surface area contributed by atoms with E-state index in [9.17, 15) is 9.90 Å². The minimum absolute atomic E-state index is 0.0633. The summed E-state index contributed by atoms with van der Waals surface area (Å²) in [7, 11) is 0. The Balaban J connectivity index is 2.92. The highest BCUT2D eigenvalue weighted by atomic mass is 16.3. The van der Waals surface area contributed by atoms with Crippen LogP contribution in [0, 0.1) is 0 Å². The van der Waals surface area contributed by atoms with E-state index < -0.39 is 5.91 Å². The molecular formula is C15H23NO2. The summed E-state index contributed by atoms with van der Waals surface area (Å²) in [6, 6.07) is 5.25. The van der Waals surface area contributed by atoms with Crippen LogP contribution in [0.25, 0.3) is 0 Å². The predicted molar refractivity (Wildman–Crippen MR) is 73.8 cm³/mol. The molecule has 18 heavy (non-hydrogen) atoms. The standard InChI is InChI=1S/C15H23NO2/c1-3-5-6-8-11(4-2)12-9-7-10-13(14(12)17)15(16)18/h7,9-11,17H,3-6,8H2,1-2H3,(H2,16,18). The molecule has 0 aliphatic carbocycles. The van der Waals surface area contributed by atoms with Gasteiger partial charge in [-0.1, -0.05) is 45.2 Å². The summed E-state index contributed by atoms with van der Waals surface area (Å²) < 4.78 is 0. The molecule has 0 spiro atoms. The van der Waals surface area contributed by atoms with Gasteiger partial charge in [0.15, 0.2) is 0 Å². The maximum atomic E-state index is 11.2. The average Bonchev–Trinajstić information content (AvgIpc) is 2.35. The molecule has 0 radical (unpaired) electrons. The van der Waals surface area contributed by atoms with E-state index in [0.717, 1.165) is 24.8 Å². The summed E-state index contributed by atoms with van der Waals surface area (Å²) in [5.41, 5.74) is 6.32. The first-order chi connectivity index (χ1) is 8.61. The van der Waals surface area contributed by atoms with Gasteiger partial charge in [0.25, 0.3) is 5.91 Å². The summed E-state index contributed by atoms with van der Waals surface area (Å²) in [6.07, 6.45) is 5.53. The molecule has 3 N–H and O–H groups in total. The fourth-order valence-electron chi connectivity index (χ4n) is 2.31. The van der Waals surface area contributed by atoms with Gasteiger partial charge >= 0.3 is 0 Å².